The van der Waals surface area contributed by atoms with Crippen molar-refractivity contribution in [3.8, 4) is 0 Å². The average molecular weight is 241 g/mol. The highest BCUT2D eigenvalue weighted by atomic mass is 16.5. The molecule has 0 saturated heterocycles. The molecule has 100 valence electrons. The lowest BCUT2D eigenvalue weighted by Gasteiger charge is -2.19. The standard InChI is InChI=1S/C14H27NO2/c1-4-7-11-16-13-9-15(6-3)10-14-17-12-8-5-2/h7-8,11-12H,4-6,9-10,13-14H2,1-3H3. The Balaban J connectivity index is 3.48. The van der Waals surface area contributed by atoms with Crippen molar-refractivity contribution in [3.05, 3.63) is 24.7 Å². The number of allylic oxidation sites excluding steroid dienone is 2. The van der Waals surface area contributed by atoms with Gasteiger partial charge in [0.15, 0.2) is 0 Å². The van der Waals surface area contributed by atoms with Crippen LogP contribution in [0.3, 0.4) is 0 Å². The maximum atomic E-state index is 5.37. The van der Waals surface area contributed by atoms with Crippen molar-refractivity contribution in [2.24, 2.45) is 0 Å². The molecule has 0 aromatic carbocycles. The van der Waals surface area contributed by atoms with Gasteiger partial charge in [0, 0.05) is 13.1 Å². The Morgan fingerprint density at radius 2 is 1.29 bits per heavy atom. The Labute approximate surface area is 106 Å². The number of ether oxygens (including phenoxy) is 2. The van der Waals surface area contributed by atoms with Crippen LogP contribution < -0.4 is 0 Å². The van der Waals surface area contributed by atoms with E-state index in [9.17, 15) is 0 Å². The number of hydrogen-bond donors (Lipinski definition) is 0. The van der Waals surface area contributed by atoms with Crippen molar-refractivity contribution in [2.75, 3.05) is 32.8 Å². The lowest BCUT2D eigenvalue weighted by Crippen LogP contribution is -2.30. The van der Waals surface area contributed by atoms with E-state index in [1.807, 2.05) is 12.2 Å². The molecule has 0 aliphatic rings. The Morgan fingerprint density at radius 1 is 0.824 bits per heavy atom. The topological polar surface area (TPSA) is 21.7 Å². The summed E-state index contributed by atoms with van der Waals surface area (Å²) in [5, 5.41) is 0. The summed E-state index contributed by atoms with van der Waals surface area (Å²) in [7, 11) is 0. The third-order valence-corrected chi connectivity index (χ3v) is 2.35. The zero-order chi connectivity index (χ0) is 12.8. The minimum atomic E-state index is 0.745. The summed E-state index contributed by atoms with van der Waals surface area (Å²) < 4.78 is 10.7. The second-order valence-corrected chi connectivity index (χ2v) is 3.74. The molecule has 0 rings (SSSR count). The van der Waals surface area contributed by atoms with E-state index in [0.29, 0.717) is 0 Å². The molecule has 0 aromatic rings. The highest BCUT2D eigenvalue weighted by Gasteiger charge is 2.00. The monoisotopic (exact) mass is 241 g/mol. The second-order valence-electron chi connectivity index (χ2n) is 3.74. The molecule has 0 spiro atoms. The molecule has 0 radical (unpaired) electrons. The molecule has 0 N–H and O–H groups in total. The summed E-state index contributed by atoms with van der Waals surface area (Å²) in [5.74, 6) is 0. The van der Waals surface area contributed by atoms with Crippen LogP contribution in [0.5, 0.6) is 0 Å². The fourth-order valence-corrected chi connectivity index (χ4v) is 1.26. The number of likely N-dealkylation sites (N-methyl/N-ethyl adjacent to an activating group) is 1. The first-order chi connectivity index (χ1) is 8.35. The highest BCUT2D eigenvalue weighted by Crippen LogP contribution is 1.91. The van der Waals surface area contributed by atoms with Gasteiger partial charge in [0.25, 0.3) is 0 Å². The predicted molar refractivity (Wildman–Crippen MR) is 72.9 cm³/mol. The molecule has 3 nitrogen and oxygen atoms in total. The molecule has 0 fully saturated rings. The molecule has 17 heavy (non-hydrogen) atoms. The van der Waals surface area contributed by atoms with Crippen LogP contribution in [0.2, 0.25) is 0 Å². The van der Waals surface area contributed by atoms with Gasteiger partial charge >= 0.3 is 0 Å². The summed E-state index contributed by atoms with van der Waals surface area (Å²) in [5.41, 5.74) is 0. The van der Waals surface area contributed by atoms with Crippen LogP contribution in [0.15, 0.2) is 24.7 Å². The maximum absolute atomic E-state index is 5.37. The molecule has 0 amide bonds. The first-order valence-electron chi connectivity index (χ1n) is 6.60. The number of rotatable bonds is 11. The van der Waals surface area contributed by atoms with Crippen molar-refractivity contribution in [3.63, 3.8) is 0 Å². The van der Waals surface area contributed by atoms with E-state index in [1.165, 1.54) is 0 Å². The van der Waals surface area contributed by atoms with E-state index in [4.69, 9.17) is 9.47 Å². The zero-order valence-electron chi connectivity index (χ0n) is 11.5. The Morgan fingerprint density at radius 3 is 1.65 bits per heavy atom. The van der Waals surface area contributed by atoms with Crippen LogP contribution in [-0.2, 0) is 9.47 Å². The Kier molecular flexibility index (Phi) is 12.4. The van der Waals surface area contributed by atoms with Crippen LogP contribution in [0, 0.1) is 0 Å². The van der Waals surface area contributed by atoms with E-state index < -0.39 is 0 Å². The summed E-state index contributed by atoms with van der Waals surface area (Å²) >= 11 is 0. The molecule has 3 heteroatoms. The molecule has 0 unspecified atom stereocenters. The van der Waals surface area contributed by atoms with Crippen LogP contribution in [-0.4, -0.2) is 37.7 Å². The summed E-state index contributed by atoms with van der Waals surface area (Å²) in [6, 6.07) is 0. The van der Waals surface area contributed by atoms with Crippen molar-refractivity contribution in [1.29, 1.82) is 0 Å². The number of nitrogens with zero attached hydrogens (tertiary/aromatic N) is 1. The normalized spacial score (nSPS) is 11.8. The lowest BCUT2D eigenvalue weighted by molar-refractivity contribution is 0.146. The van der Waals surface area contributed by atoms with Crippen molar-refractivity contribution < 1.29 is 9.47 Å². The molecular weight excluding hydrogens is 214 g/mol. The smallest absolute Gasteiger partial charge is 0.1000 e. The van der Waals surface area contributed by atoms with Crippen LogP contribution in [0.1, 0.15) is 33.6 Å². The van der Waals surface area contributed by atoms with Gasteiger partial charge in [-0.15, -0.1) is 0 Å². The number of hydrogen-bond acceptors (Lipinski definition) is 3. The summed E-state index contributed by atoms with van der Waals surface area (Å²) in [6.45, 7) is 10.8. The van der Waals surface area contributed by atoms with Crippen molar-refractivity contribution in [2.45, 2.75) is 33.6 Å². The third kappa shape index (κ3) is 11.3. The third-order valence-electron chi connectivity index (χ3n) is 2.35. The molecule has 0 aromatic heterocycles. The minimum absolute atomic E-state index is 0.745. The quantitative estimate of drug-likeness (QED) is 0.409. The van der Waals surface area contributed by atoms with Gasteiger partial charge in [0.2, 0.25) is 0 Å². The van der Waals surface area contributed by atoms with Gasteiger partial charge in [-0.3, -0.25) is 4.90 Å². The highest BCUT2D eigenvalue weighted by molar-refractivity contribution is 4.71. The predicted octanol–water partition coefficient (Wildman–Crippen LogP) is 3.19. The molecule has 0 atom stereocenters. The van der Waals surface area contributed by atoms with E-state index >= 15 is 0 Å². The van der Waals surface area contributed by atoms with Crippen LogP contribution >= 0.6 is 0 Å². The fourth-order valence-electron chi connectivity index (χ4n) is 1.26. The van der Waals surface area contributed by atoms with Gasteiger partial charge in [0.05, 0.1) is 25.7 Å². The van der Waals surface area contributed by atoms with Crippen molar-refractivity contribution in [1.82, 2.24) is 4.90 Å². The minimum Gasteiger partial charge on any atom is -0.500 e. The average Bonchev–Trinajstić information content (AvgIpc) is 2.36. The second kappa shape index (κ2) is 13.1. The summed E-state index contributed by atoms with van der Waals surface area (Å²) in [6.07, 6.45) is 9.66. The molecule has 0 bridgehead atoms. The van der Waals surface area contributed by atoms with Gasteiger partial charge in [0.1, 0.15) is 0 Å². The van der Waals surface area contributed by atoms with Gasteiger partial charge in [-0.05, 0) is 19.4 Å². The fraction of sp³-hybridized carbons (Fsp3) is 0.714. The summed E-state index contributed by atoms with van der Waals surface area (Å²) in [4.78, 5) is 2.32. The van der Waals surface area contributed by atoms with E-state index in [1.54, 1.807) is 12.5 Å². The van der Waals surface area contributed by atoms with Gasteiger partial charge in [-0.1, -0.05) is 32.9 Å². The first kappa shape index (κ1) is 16.0. The van der Waals surface area contributed by atoms with E-state index in [2.05, 4.69) is 25.7 Å². The van der Waals surface area contributed by atoms with Crippen molar-refractivity contribution >= 4 is 0 Å². The largest absolute Gasteiger partial charge is 0.500 e. The Hall–Kier alpha value is -0.960. The van der Waals surface area contributed by atoms with Gasteiger partial charge in [-0.2, -0.15) is 0 Å². The first-order valence-corrected chi connectivity index (χ1v) is 6.60. The van der Waals surface area contributed by atoms with E-state index in [0.717, 1.165) is 45.7 Å². The molecular formula is C14H27NO2. The van der Waals surface area contributed by atoms with Crippen LogP contribution in [0.25, 0.3) is 0 Å². The Bertz CT molecular complexity index is 182. The maximum Gasteiger partial charge on any atom is 0.1000 e. The molecule has 0 aliphatic heterocycles. The van der Waals surface area contributed by atoms with E-state index in [-0.39, 0.29) is 0 Å². The van der Waals surface area contributed by atoms with Crippen LogP contribution in [0.4, 0.5) is 0 Å². The molecule has 0 heterocycles. The molecule has 0 aliphatic carbocycles. The van der Waals surface area contributed by atoms with Gasteiger partial charge in [-0.25, -0.2) is 0 Å². The lowest BCUT2D eigenvalue weighted by atomic mass is 10.4. The molecule has 0 saturated carbocycles. The zero-order valence-corrected chi connectivity index (χ0v) is 11.5. The SMILES string of the molecule is CCC=COCCN(CC)CCOC=CCC. The van der Waals surface area contributed by atoms with Gasteiger partial charge < -0.3 is 9.47 Å².